The van der Waals surface area contributed by atoms with Crippen LogP contribution in [0.3, 0.4) is 0 Å². The third-order valence-electron chi connectivity index (χ3n) is 2.55. The molecule has 4 nitrogen and oxygen atoms in total. The Bertz CT molecular complexity index is 439. The molecule has 0 aliphatic carbocycles. The number of carboxylic acid groups (broad SMARTS) is 1. The highest BCUT2D eigenvalue weighted by atomic mass is 35.5. The van der Waals surface area contributed by atoms with Gasteiger partial charge in [-0.25, -0.2) is 4.39 Å². The molecule has 0 spiro atoms. The number of phenols is 1. The molecule has 1 atom stereocenters. The molecule has 0 saturated heterocycles. The van der Waals surface area contributed by atoms with Crippen molar-refractivity contribution < 1.29 is 19.4 Å². The van der Waals surface area contributed by atoms with Gasteiger partial charge in [0.05, 0.1) is 0 Å². The topological polar surface area (TPSA) is 60.8 Å². The molecule has 0 bridgehead atoms. The van der Waals surface area contributed by atoms with E-state index in [4.69, 9.17) is 16.7 Å². The predicted octanol–water partition coefficient (Wildman–Crippen LogP) is 2.09. The van der Waals surface area contributed by atoms with Crippen LogP contribution in [0.25, 0.3) is 0 Å². The maximum Gasteiger partial charge on any atom is 0.320 e. The summed E-state index contributed by atoms with van der Waals surface area (Å²) in [5.41, 5.74) is 0.255. The van der Waals surface area contributed by atoms with Crippen molar-refractivity contribution in [1.82, 2.24) is 4.90 Å². The average molecular weight is 262 g/mol. The van der Waals surface area contributed by atoms with E-state index in [1.807, 2.05) is 0 Å². The summed E-state index contributed by atoms with van der Waals surface area (Å²) in [5.74, 6) is -2.31. The van der Waals surface area contributed by atoms with E-state index in [0.29, 0.717) is 0 Å². The van der Waals surface area contributed by atoms with Crippen molar-refractivity contribution in [2.24, 2.45) is 0 Å². The second-order valence-electron chi connectivity index (χ2n) is 3.82. The molecular weight excluding hydrogens is 249 g/mol. The molecule has 1 unspecified atom stereocenters. The number of hydrogen-bond acceptors (Lipinski definition) is 3. The van der Waals surface area contributed by atoms with Crippen LogP contribution in [0.2, 0.25) is 5.02 Å². The molecule has 1 aromatic rings. The fourth-order valence-electron chi connectivity index (χ4n) is 1.33. The molecule has 1 aromatic carbocycles. The lowest BCUT2D eigenvalue weighted by molar-refractivity contribution is -0.142. The normalized spacial score (nSPS) is 12.8. The van der Waals surface area contributed by atoms with Crippen molar-refractivity contribution >= 4 is 17.6 Å². The Hall–Kier alpha value is -1.33. The van der Waals surface area contributed by atoms with Crippen molar-refractivity contribution in [2.75, 3.05) is 7.05 Å². The number of benzene rings is 1. The molecule has 0 radical (unpaired) electrons. The number of likely N-dealkylation sites (N-methyl/N-ethyl adjacent to an activating group) is 1. The Labute approximate surface area is 103 Å². The van der Waals surface area contributed by atoms with Crippen molar-refractivity contribution in [3.8, 4) is 5.75 Å². The van der Waals surface area contributed by atoms with Crippen LogP contribution in [0.5, 0.6) is 5.75 Å². The number of aromatic hydroxyl groups is 1. The van der Waals surface area contributed by atoms with Crippen LogP contribution in [0.4, 0.5) is 4.39 Å². The summed E-state index contributed by atoms with van der Waals surface area (Å²) in [7, 11) is 1.57. The Morgan fingerprint density at radius 3 is 2.71 bits per heavy atom. The fourth-order valence-corrected chi connectivity index (χ4v) is 1.56. The van der Waals surface area contributed by atoms with Gasteiger partial charge in [-0.15, -0.1) is 0 Å². The second kappa shape index (κ2) is 5.33. The third-order valence-corrected chi connectivity index (χ3v) is 2.76. The highest BCUT2D eigenvalue weighted by Gasteiger charge is 2.19. The number of aliphatic carboxylic acids is 1. The monoisotopic (exact) mass is 261 g/mol. The van der Waals surface area contributed by atoms with E-state index in [1.165, 1.54) is 17.9 Å². The summed E-state index contributed by atoms with van der Waals surface area (Å²) in [6, 6.07) is 1.67. The molecule has 0 aliphatic heterocycles. The molecule has 0 amide bonds. The maximum absolute atomic E-state index is 13.2. The van der Waals surface area contributed by atoms with Crippen LogP contribution in [0.1, 0.15) is 12.5 Å². The van der Waals surface area contributed by atoms with Gasteiger partial charge in [0.2, 0.25) is 0 Å². The Kier molecular flexibility index (Phi) is 4.31. The summed E-state index contributed by atoms with van der Waals surface area (Å²) in [4.78, 5) is 12.2. The summed E-state index contributed by atoms with van der Waals surface area (Å²) in [6.45, 7) is 1.59. The fraction of sp³-hybridized carbons (Fsp3) is 0.364. The van der Waals surface area contributed by atoms with Gasteiger partial charge in [-0.3, -0.25) is 9.69 Å². The van der Waals surface area contributed by atoms with Gasteiger partial charge < -0.3 is 10.2 Å². The van der Waals surface area contributed by atoms with Crippen LogP contribution in [0, 0.1) is 5.82 Å². The summed E-state index contributed by atoms with van der Waals surface area (Å²) >= 11 is 5.66. The SMILES string of the molecule is CC(C(=O)O)N(C)Cc1cc(Cl)cc(F)c1O. The number of carbonyl (C=O) groups is 1. The number of hydrogen-bond donors (Lipinski definition) is 2. The number of rotatable bonds is 4. The van der Waals surface area contributed by atoms with Crippen molar-refractivity contribution in [3.05, 3.63) is 28.5 Å². The highest BCUT2D eigenvalue weighted by Crippen LogP contribution is 2.26. The number of carboxylic acids is 1. The van der Waals surface area contributed by atoms with E-state index in [9.17, 15) is 14.3 Å². The van der Waals surface area contributed by atoms with Gasteiger partial charge in [-0.1, -0.05) is 11.6 Å². The Morgan fingerprint density at radius 2 is 2.18 bits per heavy atom. The van der Waals surface area contributed by atoms with Gasteiger partial charge in [-0.2, -0.15) is 0 Å². The number of halogens is 2. The van der Waals surface area contributed by atoms with Gasteiger partial charge in [0.15, 0.2) is 11.6 Å². The van der Waals surface area contributed by atoms with Gasteiger partial charge in [-0.05, 0) is 26.1 Å². The number of nitrogens with zero attached hydrogens (tertiary/aromatic N) is 1. The molecule has 94 valence electrons. The smallest absolute Gasteiger partial charge is 0.320 e. The summed E-state index contributed by atoms with van der Waals surface area (Å²) in [5, 5.41) is 18.4. The van der Waals surface area contributed by atoms with E-state index < -0.39 is 23.6 Å². The summed E-state index contributed by atoms with van der Waals surface area (Å²) in [6.07, 6.45) is 0. The molecule has 0 aliphatic rings. The lowest BCUT2D eigenvalue weighted by Crippen LogP contribution is -2.35. The van der Waals surface area contributed by atoms with Gasteiger partial charge in [0.25, 0.3) is 0 Å². The second-order valence-corrected chi connectivity index (χ2v) is 4.26. The molecule has 0 heterocycles. The van der Waals surface area contributed by atoms with Crippen LogP contribution >= 0.6 is 11.6 Å². The molecule has 6 heteroatoms. The first-order valence-corrected chi connectivity index (χ1v) is 5.30. The molecule has 0 saturated carbocycles. The minimum absolute atomic E-state index is 0.0940. The largest absolute Gasteiger partial charge is 0.505 e. The predicted molar refractivity (Wildman–Crippen MR) is 61.6 cm³/mol. The van der Waals surface area contributed by atoms with Crippen LogP contribution in [-0.2, 0) is 11.3 Å². The van der Waals surface area contributed by atoms with E-state index in [0.717, 1.165) is 6.07 Å². The Morgan fingerprint density at radius 1 is 1.59 bits per heavy atom. The lowest BCUT2D eigenvalue weighted by atomic mass is 10.1. The maximum atomic E-state index is 13.2. The first-order valence-electron chi connectivity index (χ1n) is 4.93. The van der Waals surface area contributed by atoms with Crippen molar-refractivity contribution in [3.63, 3.8) is 0 Å². The zero-order valence-corrected chi connectivity index (χ0v) is 10.2. The van der Waals surface area contributed by atoms with E-state index in [2.05, 4.69) is 0 Å². The lowest BCUT2D eigenvalue weighted by Gasteiger charge is -2.21. The first kappa shape index (κ1) is 13.7. The van der Waals surface area contributed by atoms with Gasteiger partial charge >= 0.3 is 5.97 Å². The van der Waals surface area contributed by atoms with Crippen molar-refractivity contribution in [2.45, 2.75) is 19.5 Å². The molecule has 17 heavy (non-hydrogen) atoms. The average Bonchev–Trinajstić information content (AvgIpc) is 2.23. The third kappa shape index (κ3) is 3.31. The molecule has 0 fully saturated rings. The van der Waals surface area contributed by atoms with Crippen LogP contribution < -0.4 is 0 Å². The molecule has 0 aromatic heterocycles. The van der Waals surface area contributed by atoms with E-state index in [1.54, 1.807) is 7.05 Å². The molecule has 1 rings (SSSR count). The molecule has 2 N–H and O–H groups in total. The van der Waals surface area contributed by atoms with Crippen molar-refractivity contribution in [1.29, 1.82) is 0 Å². The van der Waals surface area contributed by atoms with E-state index >= 15 is 0 Å². The molecular formula is C11H13ClFNO3. The summed E-state index contributed by atoms with van der Waals surface area (Å²) < 4.78 is 13.2. The van der Waals surface area contributed by atoms with Gasteiger partial charge in [0.1, 0.15) is 6.04 Å². The number of phenolic OH excluding ortho intramolecular Hbond substituents is 1. The first-order chi connectivity index (χ1) is 7.82. The van der Waals surface area contributed by atoms with Gasteiger partial charge in [0, 0.05) is 17.1 Å². The zero-order chi connectivity index (χ0) is 13.2. The van der Waals surface area contributed by atoms with Crippen LogP contribution in [-0.4, -0.2) is 34.2 Å². The highest BCUT2D eigenvalue weighted by molar-refractivity contribution is 6.30. The zero-order valence-electron chi connectivity index (χ0n) is 9.44. The quantitative estimate of drug-likeness (QED) is 0.871. The van der Waals surface area contributed by atoms with E-state index in [-0.39, 0.29) is 17.1 Å². The minimum atomic E-state index is -0.991. The standard InChI is InChI=1S/C11H13ClFNO3/c1-6(11(16)17)14(2)5-7-3-8(12)4-9(13)10(7)15/h3-4,6,15H,5H2,1-2H3,(H,16,17). The Balaban J connectivity index is 2.92. The van der Waals surface area contributed by atoms with Crippen LogP contribution in [0.15, 0.2) is 12.1 Å². The minimum Gasteiger partial charge on any atom is -0.505 e.